The summed E-state index contributed by atoms with van der Waals surface area (Å²) in [5, 5.41) is 13.8. The van der Waals surface area contributed by atoms with Crippen LogP contribution in [-0.2, 0) is 0 Å². The number of amides is 1. The standard InChI is InChI=1S/C20H13FN4O3/c21-15-9-7-13(8-10-15)18-19(24-11-2-1-6-17(24)22-18)23-20(26)14-4-3-5-16(12-14)25(27)28/h1-12H,(H,23,26)/p+1. The Labute approximate surface area is 158 Å². The normalized spacial score (nSPS) is 10.8. The molecule has 4 aromatic rings. The third kappa shape index (κ3) is 3.18. The number of imidazole rings is 1. The number of hydrogen-bond acceptors (Lipinski definition) is 3. The van der Waals surface area contributed by atoms with E-state index in [1.807, 2.05) is 12.1 Å². The molecule has 0 bridgehead atoms. The van der Waals surface area contributed by atoms with Crippen molar-refractivity contribution in [2.24, 2.45) is 0 Å². The molecule has 138 valence electrons. The summed E-state index contributed by atoms with van der Waals surface area (Å²) in [7, 11) is 0. The predicted octanol–water partition coefficient (Wildman–Crippen LogP) is 3.72. The number of nitro benzene ring substituents is 1. The van der Waals surface area contributed by atoms with Crippen molar-refractivity contribution < 1.29 is 18.5 Å². The number of aromatic amines is 1. The van der Waals surface area contributed by atoms with Gasteiger partial charge >= 0.3 is 5.91 Å². The van der Waals surface area contributed by atoms with E-state index >= 15 is 0 Å². The molecule has 2 aromatic carbocycles. The summed E-state index contributed by atoms with van der Waals surface area (Å²) in [5.41, 5.74) is 1.98. The Morgan fingerprint density at radius 3 is 2.61 bits per heavy atom. The largest absolute Gasteiger partial charge is 0.312 e. The average Bonchev–Trinajstić information content (AvgIpc) is 3.07. The molecular weight excluding hydrogens is 363 g/mol. The highest BCUT2D eigenvalue weighted by Gasteiger charge is 2.24. The molecule has 4 rings (SSSR count). The quantitative estimate of drug-likeness (QED) is 0.323. The van der Waals surface area contributed by atoms with Gasteiger partial charge in [-0.1, -0.05) is 12.1 Å². The fraction of sp³-hybridized carbons (Fsp3) is 0. The summed E-state index contributed by atoms with van der Waals surface area (Å²) in [5.74, 6) is -0.419. The maximum atomic E-state index is 13.3. The minimum atomic E-state index is -0.554. The molecule has 0 unspecified atom stereocenters. The van der Waals surface area contributed by atoms with Crippen molar-refractivity contribution in [3.05, 3.63) is 94.4 Å². The van der Waals surface area contributed by atoms with E-state index in [9.17, 15) is 19.3 Å². The van der Waals surface area contributed by atoms with Gasteiger partial charge in [0, 0.05) is 23.8 Å². The van der Waals surface area contributed by atoms with Gasteiger partial charge < -0.3 is 0 Å². The smallest absolute Gasteiger partial charge is 0.267 e. The number of hydrogen-bond donors (Lipinski definition) is 2. The van der Waals surface area contributed by atoms with Gasteiger partial charge in [0.1, 0.15) is 5.82 Å². The molecule has 2 N–H and O–H groups in total. The number of benzene rings is 2. The third-order valence-corrected chi connectivity index (χ3v) is 4.27. The molecule has 7 nitrogen and oxygen atoms in total. The van der Waals surface area contributed by atoms with Crippen molar-refractivity contribution >= 4 is 23.1 Å². The van der Waals surface area contributed by atoms with Crippen molar-refractivity contribution in [3.8, 4) is 11.3 Å². The van der Waals surface area contributed by atoms with Crippen LogP contribution in [0.2, 0.25) is 0 Å². The summed E-state index contributed by atoms with van der Waals surface area (Å²) in [6.07, 6.45) is 1.77. The number of pyridine rings is 1. The number of rotatable bonds is 4. The summed E-state index contributed by atoms with van der Waals surface area (Å²) >= 11 is 0. The van der Waals surface area contributed by atoms with E-state index in [-0.39, 0.29) is 17.1 Å². The highest BCUT2D eigenvalue weighted by atomic mass is 19.1. The van der Waals surface area contributed by atoms with Crippen LogP contribution in [0.1, 0.15) is 10.4 Å². The molecule has 28 heavy (non-hydrogen) atoms. The first kappa shape index (κ1) is 17.3. The number of nitro groups is 1. The second-order valence-electron chi connectivity index (χ2n) is 6.07. The molecule has 0 spiro atoms. The van der Waals surface area contributed by atoms with Crippen molar-refractivity contribution in [2.75, 3.05) is 5.32 Å². The number of non-ortho nitro benzene ring substituents is 1. The second-order valence-corrected chi connectivity index (χ2v) is 6.07. The van der Waals surface area contributed by atoms with E-state index in [0.717, 1.165) is 5.65 Å². The number of nitrogens with zero attached hydrogens (tertiary/aromatic N) is 2. The SMILES string of the molecule is O=C(Nc1c(-c2ccc(F)cc2)[nH]c2cccc[n+]12)c1cccc([N+](=O)[O-])c1. The van der Waals surface area contributed by atoms with Gasteiger partial charge in [-0.2, -0.15) is 0 Å². The Morgan fingerprint density at radius 1 is 1.07 bits per heavy atom. The van der Waals surface area contributed by atoms with Crippen LogP contribution in [0.15, 0.2) is 72.9 Å². The van der Waals surface area contributed by atoms with E-state index in [1.165, 1.54) is 36.4 Å². The van der Waals surface area contributed by atoms with Crippen LogP contribution in [-0.4, -0.2) is 15.8 Å². The first-order valence-corrected chi connectivity index (χ1v) is 8.37. The summed E-state index contributed by atoms with van der Waals surface area (Å²) in [4.78, 5) is 26.4. The van der Waals surface area contributed by atoms with Crippen LogP contribution in [0.4, 0.5) is 15.9 Å². The van der Waals surface area contributed by atoms with Crippen LogP contribution in [0.25, 0.3) is 16.9 Å². The van der Waals surface area contributed by atoms with Crippen molar-refractivity contribution in [1.29, 1.82) is 0 Å². The summed E-state index contributed by atoms with van der Waals surface area (Å²) in [6, 6.07) is 16.8. The monoisotopic (exact) mass is 377 g/mol. The van der Waals surface area contributed by atoms with Gasteiger partial charge in [0.05, 0.1) is 16.7 Å². The second kappa shape index (κ2) is 6.92. The molecule has 0 aliphatic heterocycles. The Hall–Kier alpha value is -4.07. The number of carbonyl (C=O) groups is 1. The number of aromatic nitrogens is 2. The van der Waals surface area contributed by atoms with E-state index in [2.05, 4.69) is 10.3 Å². The Kier molecular flexibility index (Phi) is 4.29. The van der Waals surface area contributed by atoms with Gasteiger partial charge in [-0.25, -0.2) is 14.1 Å². The van der Waals surface area contributed by atoms with E-state index < -0.39 is 10.8 Å². The van der Waals surface area contributed by atoms with Crippen molar-refractivity contribution in [3.63, 3.8) is 0 Å². The summed E-state index contributed by atoms with van der Waals surface area (Å²) < 4.78 is 15.0. The minimum Gasteiger partial charge on any atom is -0.267 e. The van der Waals surface area contributed by atoms with Gasteiger partial charge in [-0.05, 0) is 36.4 Å². The number of nitrogens with one attached hydrogen (secondary N) is 2. The number of halogens is 1. The molecule has 1 amide bonds. The summed E-state index contributed by atoms with van der Waals surface area (Å²) in [6.45, 7) is 0. The van der Waals surface area contributed by atoms with Gasteiger partial charge in [0.25, 0.3) is 11.5 Å². The van der Waals surface area contributed by atoms with E-state index in [4.69, 9.17) is 0 Å². The van der Waals surface area contributed by atoms with Gasteiger partial charge in [0.15, 0.2) is 5.69 Å². The lowest BCUT2D eigenvalue weighted by atomic mass is 10.1. The van der Waals surface area contributed by atoms with Gasteiger partial charge in [-0.3, -0.25) is 19.9 Å². The molecular formula is C20H14FN4O3+. The molecule has 0 saturated heterocycles. The molecule has 0 aliphatic carbocycles. The Bertz CT molecular complexity index is 1200. The van der Waals surface area contributed by atoms with E-state index in [1.54, 1.807) is 28.8 Å². The molecule has 0 aliphatic rings. The van der Waals surface area contributed by atoms with Crippen LogP contribution < -0.4 is 9.72 Å². The van der Waals surface area contributed by atoms with Crippen LogP contribution in [0, 0.1) is 15.9 Å². The van der Waals surface area contributed by atoms with Gasteiger partial charge in [-0.15, -0.1) is 0 Å². The molecule has 8 heteroatoms. The fourth-order valence-corrected chi connectivity index (χ4v) is 2.94. The van der Waals surface area contributed by atoms with E-state index in [0.29, 0.717) is 17.1 Å². The maximum absolute atomic E-state index is 13.3. The lowest BCUT2D eigenvalue weighted by Gasteiger charge is -2.02. The molecule has 2 heterocycles. The topological polar surface area (TPSA) is 92.1 Å². The predicted molar refractivity (Wildman–Crippen MR) is 100 cm³/mol. The molecule has 0 saturated carbocycles. The maximum Gasteiger partial charge on any atom is 0.312 e. The molecule has 0 radical (unpaired) electrons. The lowest BCUT2D eigenvalue weighted by Crippen LogP contribution is -2.26. The molecule has 0 fully saturated rings. The highest BCUT2D eigenvalue weighted by Crippen LogP contribution is 2.26. The van der Waals surface area contributed by atoms with Crippen LogP contribution >= 0.6 is 0 Å². The Balaban J connectivity index is 1.78. The lowest BCUT2D eigenvalue weighted by molar-refractivity contribution is -0.493. The minimum absolute atomic E-state index is 0.158. The zero-order valence-corrected chi connectivity index (χ0v) is 14.4. The average molecular weight is 377 g/mol. The fourth-order valence-electron chi connectivity index (χ4n) is 2.94. The van der Waals surface area contributed by atoms with Crippen molar-refractivity contribution in [1.82, 2.24) is 4.98 Å². The van der Waals surface area contributed by atoms with Gasteiger partial charge in [0.2, 0.25) is 5.65 Å². The first-order valence-electron chi connectivity index (χ1n) is 8.37. The Morgan fingerprint density at radius 2 is 1.86 bits per heavy atom. The number of anilines is 1. The number of carbonyl (C=O) groups excluding carboxylic acids is 1. The third-order valence-electron chi connectivity index (χ3n) is 4.27. The van der Waals surface area contributed by atoms with Crippen molar-refractivity contribution in [2.45, 2.75) is 0 Å². The zero-order chi connectivity index (χ0) is 19.7. The first-order chi connectivity index (χ1) is 13.5. The zero-order valence-electron chi connectivity index (χ0n) is 14.4. The number of H-pyrrole nitrogens is 1. The highest BCUT2D eigenvalue weighted by molar-refractivity contribution is 6.05. The van der Waals surface area contributed by atoms with Crippen LogP contribution in [0.5, 0.6) is 0 Å². The van der Waals surface area contributed by atoms with Crippen LogP contribution in [0.3, 0.4) is 0 Å². The molecule has 0 atom stereocenters. The molecule has 2 aromatic heterocycles. The number of fused-ring (bicyclic) bond motifs is 1.